The smallest absolute Gasteiger partial charge is 0.126 e. The summed E-state index contributed by atoms with van der Waals surface area (Å²) in [7, 11) is -1.23. The Kier molecular flexibility index (Phi) is 9.83. The number of aryl methyl sites for hydroxylation is 3. The van der Waals surface area contributed by atoms with Gasteiger partial charge in [0.25, 0.3) is 0 Å². The first-order valence-corrected chi connectivity index (χ1v) is 18.6. The molecule has 0 spiro atoms. The van der Waals surface area contributed by atoms with Crippen molar-refractivity contribution in [3.05, 3.63) is 138 Å². The quantitative estimate of drug-likeness (QED) is 0.132. The first kappa shape index (κ1) is 33.1. The van der Waals surface area contributed by atoms with E-state index >= 15 is 0 Å². The van der Waals surface area contributed by atoms with Gasteiger partial charge in [0, 0.05) is 44.0 Å². The first-order chi connectivity index (χ1) is 21.6. The summed E-state index contributed by atoms with van der Waals surface area (Å²) in [6.07, 6.45) is 3.83. The molecule has 0 aliphatic rings. The number of benzene rings is 4. The second-order valence-electron chi connectivity index (χ2n) is 12.5. The summed E-state index contributed by atoms with van der Waals surface area (Å²) in [6.45, 7) is 13.4. The van der Waals surface area contributed by atoms with Crippen LogP contribution in [0, 0.1) is 38.7 Å². The summed E-state index contributed by atoms with van der Waals surface area (Å²) < 4.78 is 19.7. The zero-order valence-corrected chi connectivity index (χ0v) is 30.2. The Morgan fingerprint density at radius 1 is 0.739 bits per heavy atom. The van der Waals surface area contributed by atoms with Crippen LogP contribution in [0.1, 0.15) is 16.7 Å². The molecule has 46 heavy (non-hydrogen) atoms. The zero-order chi connectivity index (χ0) is 31.7. The molecule has 7 rings (SSSR count). The van der Waals surface area contributed by atoms with Crippen LogP contribution < -0.4 is 5.19 Å². The maximum atomic E-state index is 13.7. The molecule has 7 aromatic rings. The second kappa shape index (κ2) is 13.6. The number of halogens is 1. The molecule has 0 bridgehead atoms. The predicted octanol–water partition coefficient (Wildman–Crippen LogP) is 10.3. The van der Waals surface area contributed by atoms with Gasteiger partial charge in [-0.05, 0) is 77.8 Å². The van der Waals surface area contributed by atoms with Crippen LogP contribution in [0.15, 0.2) is 108 Å². The third-order valence-electron chi connectivity index (χ3n) is 7.99. The van der Waals surface area contributed by atoms with Crippen molar-refractivity contribution in [1.82, 2.24) is 9.97 Å². The Labute approximate surface area is 284 Å². The topological polar surface area (TPSA) is 38.9 Å². The molecule has 0 N–H and O–H groups in total. The number of pyridine rings is 2. The van der Waals surface area contributed by atoms with Crippen molar-refractivity contribution < 1.29 is 28.9 Å². The normalized spacial score (nSPS) is 11.2. The number of fused-ring (bicyclic) bond motifs is 3. The zero-order valence-electron chi connectivity index (χ0n) is 26.8. The van der Waals surface area contributed by atoms with Crippen LogP contribution in [-0.4, -0.2) is 18.0 Å². The molecule has 233 valence electrons. The van der Waals surface area contributed by atoms with Crippen LogP contribution in [0.2, 0.25) is 19.6 Å². The standard InChI is InChI=1S/C26H19FNO.C14H16NSi.Ir/c1-15-11-16(2)25(17(3)12-15)18-9-10-28-23(13-18)22-6-4-5-21-20-8-7-19(27)14-24(20)29-26(21)22;1-16(2,3)13-9-10-14(15-11-13)12-7-5-4-6-8-12;/h4-5,7-14H,1-3H3;4-7,9-11H,1-3H3;/q2*-1;. The Balaban J connectivity index is 0.000000209. The molecule has 0 fully saturated rings. The minimum atomic E-state index is -1.23. The molecule has 4 aromatic carbocycles. The molecule has 3 nitrogen and oxygen atoms in total. The fraction of sp³-hybridized carbons (Fsp3) is 0.150. The van der Waals surface area contributed by atoms with E-state index in [0.29, 0.717) is 11.2 Å². The van der Waals surface area contributed by atoms with Crippen molar-refractivity contribution in [3.63, 3.8) is 0 Å². The molecule has 0 saturated carbocycles. The van der Waals surface area contributed by atoms with Gasteiger partial charge in [-0.3, -0.25) is 0 Å². The molecule has 0 atom stereocenters. The Bertz CT molecular complexity index is 2110. The van der Waals surface area contributed by atoms with E-state index in [0.717, 1.165) is 38.9 Å². The fourth-order valence-electron chi connectivity index (χ4n) is 5.81. The van der Waals surface area contributed by atoms with Gasteiger partial charge in [-0.15, -0.1) is 54.1 Å². The molecule has 3 aromatic heterocycles. The number of aromatic nitrogens is 2. The largest absolute Gasteiger partial charge is 0.500 e. The third-order valence-corrected chi connectivity index (χ3v) is 10.0. The summed E-state index contributed by atoms with van der Waals surface area (Å²) in [5.74, 6) is -0.312. The van der Waals surface area contributed by atoms with E-state index in [-0.39, 0.29) is 25.9 Å². The van der Waals surface area contributed by atoms with Crippen LogP contribution in [0.25, 0.3) is 55.6 Å². The van der Waals surface area contributed by atoms with Crippen LogP contribution in [-0.2, 0) is 20.1 Å². The van der Waals surface area contributed by atoms with Gasteiger partial charge in [0.2, 0.25) is 0 Å². The minimum Gasteiger partial charge on any atom is -0.500 e. The van der Waals surface area contributed by atoms with Crippen molar-refractivity contribution >= 4 is 35.2 Å². The molecule has 0 unspecified atom stereocenters. The summed E-state index contributed by atoms with van der Waals surface area (Å²) in [5.41, 5.74) is 10.9. The van der Waals surface area contributed by atoms with Crippen molar-refractivity contribution in [2.45, 2.75) is 40.4 Å². The van der Waals surface area contributed by atoms with Gasteiger partial charge >= 0.3 is 0 Å². The molecular formula is C40H35FIrN2OSi-2. The number of furan rings is 1. The summed E-state index contributed by atoms with van der Waals surface area (Å²) in [4.78, 5) is 9.10. The van der Waals surface area contributed by atoms with Crippen LogP contribution in [0.4, 0.5) is 4.39 Å². The van der Waals surface area contributed by atoms with Crippen LogP contribution >= 0.6 is 0 Å². The van der Waals surface area contributed by atoms with E-state index < -0.39 is 8.07 Å². The molecule has 0 amide bonds. The van der Waals surface area contributed by atoms with Crippen molar-refractivity contribution in [3.8, 4) is 33.6 Å². The van der Waals surface area contributed by atoms with E-state index in [2.05, 4.69) is 92.8 Å². The van der Waals surface area contributed by atoms with Gasteiger partial charge in [0.1, 0.15) is 11.4 Å². The van der Waals surface area contributed by atoms with Crippen molar-refractivity contribution in [2.24, 2.45) is 0 Å². The van der Waals surface area contributed by atoms with E-state index in [4.69, 9.17) is 4.42 Å². The molecule has 0 saturated heterocycles. The van der Waals surface area contributed by atoms with E-state index in [9.17, 15) is 4.39 Å². The minimum absolute atomic E-state index is 0. The van der Waals surface area contributed by atoms with Crippen molar-refractivity contribution in [2.75, 3.05) is 0 Å². The van der Waals surface area contributed by atoms with Gasteiger partial charge in [-0.2, -0.15) is 0 Å². The van der Waals surface area contributed by atoms with Gasteiger partial charge in [0.05, 0.1) is 13.7 Å². The van der Waals surface area contributed by atoms with Crippen molar-refractivity contribution in [1.29, 1.82) is 0 Å². The maximum Gasteiger partial charge on any atom is 0.126 e. The summed E-state index contributed by atoms with van der Waals surface area (Å²) in [6, 6.07) is 35.6. The molecule has 1 radical (unpaired) electrons. The number of hydrogen-bond acceptors (Lipinski definition) is 3. The molecule has 0 aliphatic heterocycles. The maximum absolute atomic E-state index is 13.7. The average molecular weight is 799 g/mol. The number of nitrogens with zero attached hydrogens (tertiary/aromatic N) is 2. The Hall–Kier alpha value is -4.22. The summed E-state index contributed by atoms with van der Waals surface area (Å²) >= 11 is 0. The van der Waals surface area contributed by atoms with E-state index in [1.807, 2.05) is 54.9 Å². The molecular weight excluding hydrogens is 764 g/mol. The van der Waals surface area contributed by atoms with Gasteiger partial charge < -0.3 is 14.4 Å². The Morgan fingerprint density at radius 3 is 2.20 bits per heavy atom. The molecule has 6 heteroatoms. The fourth-order valence-corrected chi connectivity index (χ4v) is 6.85. The van der Waals surface area contributed by atoms with Crippen LogP contribution in [0.5, 0.6) is 0 Å². The van der Waals surface area contributed by atoms with Gasteiger partial charge in [-0.25, -0.2) is 4.39 Å². The van der Waals surface area contributed by atoms with Gasteiger partial charge in [0.15, 0.2) is 0 Å². The average Bonchev–Trinajstić information content (AvgIpc) is 3.39. The van der Waals surface area contributed by atoms with Crippen LogP contribution in [0.3, 0.4) is 0 Å². The third kappa shape index (κ3) is 6.95. The second-order valence-corrected chi connectivity index (χ2v) is 17.6. The Morgan fingerprint density at radius 2 is 1.52 bits per heavy atom. The monoisotopic (exact) mass is 799 g/mol. The first-order valence-electron chi connectivity index (χ1n) is 15.1. The number of hydrogen-bond donors (Lipinski definition) is 0. The van der Waals surface area contributed by atoms with Gasteiger partial charge in [-0.1, -0.05) is 66.5 Å². The molecule has 0 aliphatic carbocycles. The van der Waals surface area contributed by atoms with E-state index in [1.54, 1.807) is 6.07 Å². The molecule has 3 heterocycles. The van der Waals surface area contributed by atoms with E-state index in [1.165, 1.54) is 39.6 Å². The number of rotatable bonds is 4. The summed E-state index contributed by atoms with van der Waals surface area (Å²) in [5, 5.41) is 3.22. The predicted molar refractivity (Wildman–Crippen MR) is 187 cm³/mol. The SMILES string of the molecule is C[Si](C)(C)c1ccc(-c2[c-]cccc2)nc1.Cc1cc(C)c(-c2ccnc(-c3[c-]ccc4c3oc3cc(F)ccc34)c2)c(C)c1.[Ir].